The molecule has 0 atom stereocenters. The van der Waals surface area contributed by atoms with Gasteiger partial charge in [0.25, 0.3) is 0 Å². The largest absolute Gasteiger partial charge is 0.497 e. The monoisotopic (exact) mass is 286 g/mol. The Hall–Kier alpha value is -2.69. The number of hydrogen-bond acceptors (Lipinski definition) is 5. The first kappa shape index (κ1) is 13.3. The molecule has 1 aromatic heterocycles. The van der Waals surface area contributed by atoms with E-state index >= 15 is 0 Å². The van der Waals surface area contributed by atoms with E-state index in [1.165, 1.54) is 0 Å². The standard InChI is InChI=1S/C16H14O5/c1-18-9-4-5-10-13(8-9)21-16(17)11-6-7-12(19-2)15(20-3)14(10)11/h4-8H,1-3H3. The predicted octanol–water partition coefficient (Wildman–Crippen LogP) is 2.97. The molecule has 0 unspecified atom stereocenters. The lowest BCUT2D eigenvalue weighted by Gasteiger charge is -2.12. The van der Waals surface area contributed by atoms with Gasteiger partial charge in [-0.25, -0.2) is 4.79 Å². The average molecular weight is 286 g/mol. The molecule has 5 nitrogen and oxygen atoms in total. The highest BCUT2D eigenvalue weighted by atomic mass is 16.5. The Morgan fingerprint density at radius 3 is 2.33 bits per heavy atom. The fourth-order valence-electron chi connectivity index (χ4n) is 2.44. The second kappa shape index (κ2) is 5.01. The van der Waals surface area contributed by atoms with Crippen molar-refractivity contribution in [1.29, 1.82) is 0 Å². The molecule has 0 amide bonds. The zero-order valence-electron chi connectivity index (χ0n) is 11.9. The maximum Gasteiger partial charge on any atom is 0.344 e. The Kier molecular flexibility index (Phi) is 3.17. The summed E-state index contributed by atoms with van der Waals surface area (Å²) in [4.78, 5) is 12.2. The molecule has 0 aliphatic carbocycles. The smallest absolute Gasteiger partial charge is 0.344 e. The SMILES string of the molecule is COc1ccc2c(c1)oc(=O)c1ccc(OC)c(OC)c12. The minimum Gasteiger partial charge on any atom is -0.497 e. The van der Waals surface area contributed by atoms with Crippen molar-refractivity contribution in [1.82, 2.24) is 0 Å². The highest BCUT2D eigenvalue weighted by Crippen LogP contribution is 2.38. The van der Waals surface area contributed by atoms with Crippen LogP contribution in [0.5, 0.6) is 17.2 Å². The summed E-state index contributed by atoms with van der Waals surface area (Å²) in [6.45, 7) is 0. The minimum atomic E-state index is -0.424. The van der Waals surface area contributed by atoms with Crippen molar-refractivity contribution in [3.05, 3.63) is 40.8 Å². The normalized spacial score (nSPS) is 10.8. The lowest BCUT2D eigenvalue weighted by Crippen LogP contribution is -2.02. The molecule has 0 bridgehead atoms. The summed E-state index contributed by atoms with van der Waals surface area (Å²) in [5.41, 5.74) is 0.0186. The molecule has 0 spiro atoms. The van der Waals surface area contributed by atoms with Crippen LogP contribution in [0, 0.1) is 0 Å². The van der Waals surface area contributed by atoms with Gasteiger partial charge in [-0.3, -0.25) is 0 Å². The Morgan fingerprint density at radius 2 is 1.67 bits per heavy atom. The van der Waals surface area contributed by atoms with E-state index in [9.17, 15) is 4.79 Å². The van der Waals surface area contributed by atoms with Crippen molar-refractivity contribution >= 4 is 21.7 Å². The second-order valence-electron chi connectivity index (χ2n) is 4.48. The van der Waals surface area contributed by atoms with Crippen LogP contribution in [0.4, 0.5) is 0 Å². The van der Waals surface area contributed by atoms with Gasteiger partial charge in [0, 0.05) is 16.8 Å². The first-order chi connectivity index (χ1) is 10.2. The summed E-state index contributed by atoms with van der Waals surface area (Å²) in [7, 11) is 4.66. The van der Waals surface area contributed by atoms with Crippen molar-refractivity contribution in [2.45, 2.75) is 0 Å². The summed E-state index contributed by atoms with van der Waals surface area (Å²) in [5.74, 6) is 1.69. The molecule has 108 valence electrons. The van der Waals surface area contributed by atoms with Crippen LogP contribution < -0.4 is 19.8 Å². The molecule has 2 aromatic carbocycles. The molecule has 0 radical (unpaired) electrons. The van der Waals surface area contributed by atoms with Gasteiger partial charge >= 0.3 is 5.63 Å². The molecular weight excluding hydrogens is 272 g/mol. The first-order valence-corrected chi connectivity index (χ1v) is 6.35. The van der Waals surface area contributed by atoms with Crippen molar-refractivity contribution in [3.63, 3.8) is 0 Å². The molecule has 0 aliphatic heterocycles. The zero-order chi connectivity index (χ0) is 15.0. The number of rotatable bonds is 3. The number of ether oxygens (including phenoxy) is 3. The van der Waals surface area contributed by atoms with Gasteiger partial charge in [0.05, 0.1) is 26.7 Å². The fourth-order valence-corrected chi connectivity index (χ4v) is 2.44. The van der Waals surface area contributed by atoms with Crippen molar-refractivity contribution < 1.29 is 18.6 Å². The molecule has 0 aliphatic rings. The van der Waals surface area contributed by atoms with Crippen LogP contribution in [-0.2, 0) is 0 Å². The van der Waals surface area contributed by atoms with E-state index in [0.29, 0.717) is 33.6 Å². The minimum absolute atomic E-state index is 0.424. The molecule has 0 saturated carbocycles. The number of fused-ring (bicyclic) bond motifs is 3. The lowest BCUT2D eigenvalue weighted by atomic mass is 10.1. The van der Waals surface area contributed by atoms with Gasteiger partial charge in [0.2, 0.25) is 0 Å². The second-order valence-corrected chi connectivity index (χ2v) is 4.48. The molecule has 3 aromatic rings. The Balaban J connectivity index is 2.54. The van der Waals surface area contributed by atoms with Crippen molar-refractivity contribution in [2.75, 3.05) is 21.3 Å². The number of benzene rings is 2. The van der Waals surface area contributed by atoms with Crippen LogP contribution in [0.2, 0.25) is 0 Å². The number of methoxy groups -OCH3 is 3. The number of hydrogen-bond donors (Lipinski definition) is 0. The third kappa shape index (κ3) is 1.98. The Bertz CT molecular complexity index is 879. The van der Waals surface area contributed by atoms with E-state index in [1.54, 1.807) is 45.6 Å². The first-order valence-electron chi connectivity index (χ1n) is 6.35. The third-order valence-electron chi connectivity index (χ3n) is 3.43. The van der Waals surface area contributed by atoms with Gasteiger partial charge in [-0.05, 0) is 24.3 Å². The van der Waals surface area contributed by atoms with Crippen LogP contribution >= 0.6 is 0 Å². The lowest BCUT2D eigenvalue weighted by molar-refractivity contribution is 0.358. The molecule has 0 saturated heterocycles. The molecular formula is C16H14O5. The van der Waals surface area contributed by atoms with Crippen LogP contribution in [-0.4, -0.2) is 21.3 Å². The third-order valence-corrected chi connectivity index (χ3v) is 3.43. The average Bonchev–Trinajstić information content (AvgIpc) is 2.53. The van der Waals surface area contributed by atoms with Gasteiger partial charge in [-0.2, -0.15) is 0 Å². The highest BCUT2D eigenvalue weighted by Gasteiger charge is 2.16. The Labute approximate surface area is 120 Å². The topological polar surface area (TPSA) is 57.9 Å². The van der Waals surface area contributed by atoms with E-state index in [0.717, 1.165) is 5.39 Å². The fraction of sp³-hybridized carbons (Fsp3) is 0.188. The predicted molar refractivity (Wildman–Crippen MR) is 79.6 cm³/mol. The summed E-state index contributed by atoms with van der Waals surface area (Å²) in [6, 6.07) is 8.68. The Morgan fingerprint density at radius 1 is 0.905 bits per heavy atom. The molecule has 21 heavy (non-hydrogen) atoms. The molecule has 0 fully saturated rings. The van der Waals surface area contributed by atoms with Crippen molar-refractivity contribution in [2.24, 2.45) is 0 Å². The van der Waals surface area contributed by atoms with E-state index in [2.05, 4.69) is 0 Å². The van der Waals surface area contributed by atoms with Crippen LogP contribution in [0.25, 0.3) is 21.7 Å². The van der Waals surface area contributed by atoms with Gasteiger partial charge in [-0.1, -0.05) is 0 Å². The zero-order valence-corrected chi connectivity index (χ0v) is 11.9. The van der Waals surface area contributed by atoms with Crippen molar-refractivity contribution in [3.8, 4) is 17.2 Å². The summed E-state index contributed by atoms with van der Waals surface area (Å²) < 4.78 is 21.2. The van der Waals surface area contributed by atoms with Gasteiger partial charge < -0.3 is 18.6 Å². The molecule has 1 heterocycles. The van der Waals surface area contributed by atoms with Gasteiger partial charge in [0.1, 0.15) is 11.3 Å². The van der Waals surface area contributed by atoms with E-state index in [-0.39, 0.29) is 0 Å². The quantitative estimate of drug-likeness (QED) is 0.547. The van der Waals surface area contributed by atoms with E-state index in [4.69, 9.17) is 18.6 Å². The highest BCUT2D eigenvalue weighted by molar-refractivity contribution is 6.09. The maximum atomic E-state index is 12.2. The van der Waals surface area contributed by atoms with E-state index in [1.807, 2.05) is 6.07 Å². The summed E-state index contributed by atoms with van der Waals surface area (Å²) >= 11 is 0. The van der Waals surface area contributed by atoms with E-state index < -0.39 is 5.63 Å². The van der Waals surface area contributed by atoms with Crippen LogP contribution in [0.1, 0.15) is 0 Å². The van der Waals surface area contributed by atoms with Gasteiger partial charge in [-0.15, -0.1) is 0 Å². The van der Waals surface area contributed by atoms with Crippen LogP contribution in [0.15, 0.2) is 39.5 Å². The molecule has 5 heteroatoms. The van der Waals surface area contributed by atoms with Gasteiger partial charge in [0.15, 0.2) is 11.5 Å². The maximum absolute atomic E-state index is 12.2. The molecule has 0 N–H and O–H groups in total. The van der Waals surface area contributed by atoms with Crippen LogP contribution in [0.3, 0.4) is 0 Å². The summed E-state index contributed by atoms with van der Waals surface area (Å²) in [6.07, 6.45) is 0. The summed E-state index contributed by atoms with van der Waals surface area (Å²) in [5, 5.41) is 1.89. The molecule has 3 rings (SSSR count).